The van der Waals surface area contributed by atoms with E-state index in [0.29, 0.717) is 24.2 Å². The summed E-state index contributed by atoms with van der Waals surface area (Å²) in [5.74, 6) is 0.310. The molecule has 4 rings (SSSR count). The lowest BCUT2D eigenvalue weighted by Crippen LogP contribution is -2.12. The Hall–Kier alpha value is -2.95. The van der Waals surface area contributed by atoms with Gasteiger partial charge in [0, 0.05) is 42.3 Å². The minimum atomic E-state index is -0.113. The van der Waals surface area contributed by atoms with Gasteiger partial charge in [0.15, 0.2) is 11.6 Å². The van der Waals surface area contributed by atoms with Crippen molar-refractivity contribution >= 4 is 28.8 Å². The molecule has 2 aromatic rings. The van der Waals surface area contributed by atoms with E-state index in [1.807, 2.05) is 24.3 Å². The highest BCUT2D eigenvalue weighted by Crippen LogP contribution is 2.24. The summed E-state index contributed by atoms with van der Waals surface area (Å²) in [5.41, 5.74) is 10.8. The molecule has 0 atom stereocenters. The van der Waals surface area contributed by atoms with E-state index in [4.69, 9.17) is 5.73 Å². The second-order valence-corrected chi connectivity index (χ2v) is 7.02. The molecule has 0 saturated heterocycles. The van der Waals surface area contributed by atoms with E-state index in [9.17, 15) is 14.4 Å². The first-order chi connectivity index (χ1) is 12.9. The smallest absolute Gasteiger partial charge is 0.221 e. The van der Waals surface area contributed by atoms with Gasteiger partial charge in [-0.15, -0.1) is 0 Å². The number of fused-ring (bicyclic) bond motifs is 2. The summed E-state index contributed by atoms with van der Waals surface area (Å²) < 4.78 is 0. The zero-order chi connectivity index (χ0) is 19.4. The number of ketones is 2. The molecule has 0 bridgehead atoms. The zero-order valence-electron chi connectivity index (χ0n) is 15.5. The Morgan fingerprint density at radius 1 is 0.852 bits per heavy atom. The van der Waals surface area contributed by atoms with Crippen LogP contribution in [-0.4, -0.2) is 17.5 Å². The van der Waals surface area contributed by atoms with Crippen LogP contribution in [0.1, 0.15) is 64.4 Å². The van der Waals surface area contributed by atoms with Crippen LogP contribution in [-0.2, 0) is 17.6 Å². The third-order valence-corrected chi connectivity index (χ3v) is 4.86. The van der Waals surface area contributed by atoms with Crippen molar-refractivity contribution in [3.63, 3.8) is 0 Å². The molecule has 3 N–H and O–H groups in total. The number of nitrogens with two attached hydrogens (primary N) is 1. The minimum absolute atomic E-state index is 0.113. The Morgan fingerprint density at radius 3 is 2.00 bits per heavy atom. The first-order valence-corrected chi connectivity index (χ1v) is 9.29. The lowest BCUT2D eigenvalue weighted by atomic mass is 9.90. The molecule has 0 aliphatic heterocycles. The van der Waals surface area contributed by atoms with Crippen LogP contribution in [0.3, 0.4) is 0 Å². The molecule has 2 aliphatic carbocycles. The number of rotatable bonds is 1. The first-order valence-electron chi connectivity index (χ1n) is 9.29. The SMILES string of the molecule is CC(=O)Nc1ccc2c(c1)C(=O)CCC2.Nc1ccc2c(c1)C(=O)CCC2. The fourth-order valence-corrected chi connectivity index (χ4v) is 3.55. The highest BCUT2D eigenvalue weighted by Gasteiger charge is 2.17. The number of nitrogen functional groups attached to an aromatic ring is 1. The van der Waals surface area contributed by atoms with Crippen molar-refractivity contribution in [3.8, 4) is 0 Å². The van der Waals surface area contributed by atoms with Gasteiger partial charge in [-0.2, -0.15) is 0 Å². The lowest BCUT2D eigenvalue weighted by molar-refractivity contribution is -0.114. The van der Waals surface area contributed by atoms with Gasteiger partial charge in [-0.05, 0) is 61.1 Å². The normalized spacial score (nSPS) is 15.1. The molecule has 5 nitrogen and oxygen atoms in total. The van der Waals surface area contributed by atoms with Crippen molar-refractivity contribution in [3.05, 3.63) is 58.7 Å². The van der Waals surface area contributed by atoms with Gasteiger partial charge in [0.05, 0.1) is 0 Å². The fourth-order valence-electron chi connectivity index (χ4n) is 3.55. The van der Waals surface area contributed by atoms with Gasteiger partial charge in [-0.1, -0.05) is 12.1 Å². The van der Waals surface area contributed by atoms with E-state index in [1.165, 1.54) is 6.92 Å². The van der Waals surface area contributed by atoms with Gasteiger partial charge in [0.1, 0.15) is 0 Å². The predicted molar refractivity (Wildman–Crippen MR) is 106 cm³/mol. The molecule has 2 aliphatic rings. The van der Waals surface area contributed by atoms with Crippen LogP contribution in [0.2, 0.25) is 0 Å². The predicted octanol–water partition coefficient (Wildman–Crippen LogP) is 3.95. The van der Waals surface area contributed by atoms with E-state index in [-0.39, 0.29) is 17.5 Å². The Kier molecular flexibility index (Phi) is 5.69. The Labute approximate surface area is 159 Å². The molecule has 0 spiro atoms. The van der Waals surface area contributed by atoms with E-state index in [1.54, 1.807) is 12.1 Å². The molecule has 140 valence electrons. The number of nitrogens with one attached hydrogen (secondary N) is 1. The topological polar surface area (TPSA) is 89.3 Å². The maximum Gasteiger partial charge on any atom is 0.221 e. The molecule has 0 heterocycles. The van der Waals surface area contributed by atoms with Crippen LogP contribution in [0.4, 0.5) is 11.4 Å². The number of benzene rings is 2. The van der Waals surface area contributed by atoms with Gasteiger partial charge < -0.3 is 11.1 Å². The Morgan fingerprint density at radius 2 is 1.41 bits per heavy atom. The van der Waals surface area contributed by atoms with Crippen molar-refractivity contribution in [2.75, 3.05) is 11.1 Å². The summed E-state index contributed by atoms with van der Waals surface area (Å²) in [6.45, 7) is 1.46. The van der Waals surface area contributed by atoms with Gasteiger partial charge in [0.25, 0.3) is 0 Å². The van der Waals surface area contributed by atoms with Crippen molar-refractivity contribution in [1.29, 1.82) is 0 Å². The number of amides is 1. The van der Waals surface area contributed by atoms with Crippen molar-refractivity contribution in [2.24, 2.45) is 0 Å². The average molecular weight is 364 g/mol. The molecular weight excluding hydrogens is 340 g/mol. The molecule has 2 aromatic carbocycles. The van der Waals surface area contributed by atoms with Crippen LogP contribution in [0, 0.1) is 0 Å². The number of Topliss-reactive ketones (excluding diaryl/α,β-unsaturated/α-hetero) is 2. The highest BCUT2D eigenvalue weighted by molar-refractivity contribution is 6.00. The third kappa shape index (κ3) is 4.61. The number of carbonyl (C=O) groups is 3. The summed E-state index contributed by atoms with van der Waals surface area (Å²) in [7, 11) is 0. The summed E-state index contributed by atoms with van der Waals surface area (Å²) in [6, 6.07) is 11.2. The number of hydrogen-bond donors (Lipinski definition) is 2. The van der Waals surface area contributed by atoms with Crippen LogP contribution in [0.25, 0.3) is 0 Å². The molecule has 1 amide bonds. The Balaban J connectivity index is 0.000000159. The molecular formula is C22H24N2O3. The standard InChI is InChI=1S/C12H13NO2.C10H11NO/c1-8(14)13-10-6-5-9-3-2-4-12(15)11(9)7-10;11-8-5-4-7-2-1-3-10(12)9(7)6-8/h5-7H,2-4H2,1H3,(H,13,14);4-6H,1-3,11H2. The number of anilines is 2. The maximum atomic E-state index is 11.6. The number of hydrogen-bond acceptors (Lipinski definition) is 4. The molecule has 0 unspecified atom stereocenters. The second-order valence-electron chi connectivity index (χ2n) is 7.02. The van der Waals surface area contributed by atoms with Crippen molar-refractivity contribution < 1.29 is 14.4 Å². The monoisotopic (exact) mass is 364 g/mol. The number of carbonyl (C=O) groups excluding carboxylic acids is 3. The van der Waals surface area contributed by atoms with E-state index in [0.717, 1.165) is 47.9 Å². The quantitative estimate of drug-likeness (QED) is 0.750. The fraction of sp³-hybridized carbons (Fsp3) is 0.318. The van der Waals surface area contributed by atoms with E-state index < -0.39 is 0 Å². The van der Waals surface area contributed by atoms with Gasteiger partial charge in [0.2, 0.25) is 5.91 Å². The van der Waals surface area contributed by atoms with E-state index in [2.05, 4.69) is 5.32 Å². The van der Waals surface area contributed by atoms with Gasteiger partial charge in [-0.25, -0.2) is 0 Å². The molecule has 5 heteroatoms. The zero-order valence-corrected chi connectivity index (χ0v) is 15.5. The Bertz CT molecular complexity index is 902. The molecule has 0 saturated carbocycles. The molecule has 27 heavy (non-hydrogen) atoms. The summed E-state index contributed by atoms with van der Waals surface area (Å²) in [6.07, 6.45) is 5.19. The van der Waals surface area contributed by atoms with Crippen LogP contribution >= 0.6 is 0 Å². The summed E-state index contributed by atoms with van der Waals surface area (Å²) in [5, 5.41) is 2.68. The van der Waals surface area contributed by atoms with Crippen LogP contribution in [0.5, 0.6) is 0 Å². The highest BCUT2D eigenvalue weighted by atomic mass is 16.1. The minimum Gasteiger partial charge on any atom is -0.399 e. The molecule has 0 radical (unpaired) electrons. The lowest BCUT2D eigenvalue weighted by Gasteiger charge is -2.15. The molecule has 0 aromatic heterocycles. The molecule has 0 fully saturated rings. The van der Waals surface area contributed by atoms with Crippen molar-refractivity contribution in [1.82, 2.24) is 0 Å². The van der Waals surface area contributed by atoms with Crippen molar-refractivity contribution in [2.45, 2.75) is 45.4 Å². The van der Waals surface area contributed by atoms with Gasteiger partial charge >= 0.3 is 0 Å². The summed E-state index contributed by atoms with van der Waals surface area (Å²) in [4.78, 5) is 33.9. The van der Waals surface area contributed by atoms with E-state index >= 15 is 0 Å². The van der Waals surface area contributed by atoms with Crippen LogP contribution < -0.4 is 11.1 Å². The largest absolute Gasteiger partial charge is 0.399 e. The third-order valence-electron chi connectivity index (χ3n) is 4.86. The summed E-state index contributed by atoms with van der Waals surface area (Å²) >= 11 is 0. The second kappa shape index (κ2) is 8.16. The van der Waals surface area contributed by atoms with Gasteiger partial charge in [-0.3, -0.25) is 14.4 Å². The maximum absolute atomic E-state index is 11.6. The average Bonchev–Trinajstić information content (AvgIpc) is 2.63. The number of aryl methyl sites for hydroxylation is 2. The first kappa shape index (κ1) is 18.8. The van der Waals surface area contributed by atoms with Crippen LogP contribution in [0.15, 0.2) is 36.4 Å².